The van der Waals surface area contributed by atoms with Crippen LogP contribution >= 0.6 is 11.6 Å². The number of piperazine rings is 1. The van der Waals surface area contributed by atoms with Gasteiger partial charge in [-0.05, 0) is 101 Å². The number of hydrogen-bond acceptors (Lipinski definition) is 7. The molecule has 1 heterocycles. The highest BCUT2D eigenvalue weighted by molar-refractivity contribution is 7.89. The molecule has 16 heteroatoms. The maximum atomic E-state index is 17.1. The number of hydrogen-bond donors (Lipinski definition) is 1. The van der Waals surface area contributed by atoms with Gasteiger partial charge in [-0.15, -0.1) is 0 Å². The maximum absolute atomic E-state index is 17.1. The predicted molar refractivity (Wildman–Crippen MR) is 189 cm³/mol. The summed E-state index contributed by atoms with van der Waals surface area (Å²) in [6.07, 6.45) is -0.776. The molecule has 54 heavy (non-hydrogen) atoms. The monoisotopic (exact) mass is 791 g/mol. The van der Waals surface area contributed by atoms with E-state index in [1.807, 2.05) is 0 Å². The number of sulfonamides is 1. The smallest absolute Gasteiger partial charge is 0.490 e. The van der Waals surface area contributed by atoms with Crippen molar-refractivity contribution in [3.63, 3.8) is 0 Å². The van der Waals surface area contributed by atoms with Crippen LogP contribution in [0.3, 0.4) is 0 Å². The van der Waals surface area contributed by atoms with E-state index in [1.165, 1.54) is 24.3 Å². The number of ether oxygens (including phenoxy) is 1. The topological polar surface area (TPSA) is 105 Å². The van der Waals surface area contributed by atoms with Crippen molar-refractivity contribution in [1.82, 2.24) is 14.7 Å². The normalized spacial score (nSPS) is 18.2. The highest BCUT2D eigenvalue weighted by Crippen LogP contribution is 2.43. The molecule has 1 N–H and O–H groups in total. The minimum absolute atomic E-state index is 0.0224. The van der Waals surface area contributed by atoms with Crippen molar-refractivity contribution >= 4 is 44.3 Å². The molecule has 2 aliphatic carbocycles. The molecule has 1 spiro atoms. The number of carbonyl (C=O) groups is 2. The van der Waals surface area contributed by atoms with Gasteiger partial charge in [0, 0.05) is 35.8 Å². The molecule has 3 fully saturated rings. The highest BCUT2D eigenvalue weighted by Gasteiger charge is 2.59. The molecule has 1 amide bonds. The van der Waals surface area contributed by atoms with Crippen molar-refractivity contribution in [3.8, 4) is 16.9 Å². The first-order valence-corrected chi connectivity index (χ1v) is 19.2. The number of fused-ring (bicyclic) bond motifs is 1. The van der Waals surface area contributed by atoms with Crippen molar-refractivity contribution in [3.05, 3.63) is 95.5 Å². The summed E-state index contributed by atoms with van der Waals surface area (Å²) in [5, 5.41) is 4.39. The standard InChI is InChI=1S/C38H35ClF5N3O6S/c39-29-13-7-25(8-14-29)24-5-11-28(12-6-24)37(40,41)33(34(48)46-20-19-45-36(23-46)17-18-36)47(53-35(49)38(42,43)44)54(50,51)32-16-10-26-21-31(15-9-27(26)22-32)52-30-3-1-2-4-30/h5-16,21-22,30,33,45H,1-4,17-20,23H2/t33-/m1/s1. The van der Waals surface area contributed by atoms with E-state index in [4.69, 9.17) is 16.3 Å². The van der Waals surface area contributed by atoms with Crippen LogP contribution in [0.1, 0.15) is 44.1 Å². The summed E-state index contributed by atoms with van der Waals surface area (Å²) in [6, 6.07) is 15.7. The number of rotatable bonds is 10. The van der Waals surface area contributed by atoms with Gasteiger partial charge in [0.25, 0.3) is 15.9 Å². The molecular weight excluding hydrogens is 757 g/mol. The Morgan fingerprint density at radius 1 is 0.870 bits per heavy atom. The number of benzene rings is 4. The maximum Gasteiger partial charge on any atom is 0.492 e. The average Bonchev–Trinajstić information content (AvgIpc) is 3.67. The minimum Gasteiger partial charge on any atom is -0.490 e. The fourth-order valence-electron chi connectivity index (χ4n) is 6.98. The lowest BCUT2D eigenvalue weighted by atomic mass is 9.96. The lowest BCUT2D eigenvalue weighted by molar-refractivity contribution is -0.239. The Morgan fingerprint density at radius 2 is 1.48 bits per heavy atom. The van der Waals surface area contributed by atoms with Gasteiger partial charge >= 0.3 is 18.1 Å². The Labute approximate surface area is 313 Å². The number of nitrogens with zero attached hydrogens (tertiary/aromatic N) is 2. The van der Waals surface area contributed by atoms with Crippen LogP contribution in [-0.2, 0) is 30.4 Å². The van der Waals surface area contributed by atoms with Crippen LogP contribution in [0.5, 0.6) is 5.75 Å². The summed E-state index contributed by atoms with van der Waals surface area (Å²) >= 11 is 5.97. The third-order valence-electron chi connectivity index (χ3n) is 10.1. The molecule has 0 bridgehead atoms. The van der Waals surface area contributed by atoms with Gasteiger partial charge < -0.3 is 19.8 Å². The van der Waals surface area contributed by atoms with Crippen molar-refractivity contribution in [1.29, 1.82) is 0 Å². The second kappa shape index (κ2) is 14.4. The van der Waals surface area contributed by atoms with Crippen LogP contribution in [0.2, 0.25) is 5.02 Å². The molecule has 3 aliphatic rings. The zero-order valence-electron chi connectivity index (χ0n) is 28.6. The fraction of sp³-hybridized carbons (Fsp3) is 0.368. The van der Waals surface area contributed by atoms with Gasteiger partial charge in [0.15, 0.2) is 0 Å². The molecule has 1 saturated heterocycles. The molecule has 0 unspecified atom stereocenters. The number of nitrogens with one attached hydrogen (secondary N) is 1. The summed E-state index contributed by atoms with van der Waals surface area (Å²) in [4.78, 5) is 31.3. The van der Waals surface area contributed by atoms with Crippen molar-refractivity contribution in [2.75, 3.05) is 19.6 Å². The molecule has 4 aromatic rings. The van der Waals surface area contributed by atoms with Crippen LogP contribution in [0.4, 0.5) is 22.0 Å². The number of carbonyl (C=O) groups excluding carboxylic acids is 2. The van der Waals surface area contributed by atoms with E-state index in [1.54, 1.807) is 36.4 Å². The number of alkyl halides is 5. The lowest BCUT2D eigenvalue weighted by Crippen LogP contribution is -2.63. The molecular formula is C38H35ClF5N3O6S. The highest BCUT2D eigenvalue weighted by atomic mass is 35.5. The van der Waals surface area contributed by atoms with E-state index in [9.17, 15) is 31.2 Å². The van der Waals surface area contributed by atoms with Crippen molar-refractivity contribution in [2.24, 2.45) is 0 Å². The quantitative estimate of drug-likeness (QED) is 0.130. The first-order chi connectivity index (χ1) is 25.6. The second-order valence-corrected chi connectivity index (χ2v) is 16.1. The molecule has 2 saturated carbocycles. The second-order valence-electron chi connectivity index (χ2n) is 13.9. The van der Waals surface area contributed by atoms with Gasteiger partial charge in [-0.25, -0.2) is 13.2 Å². The Kier molecular flexibility index (Phi) is 10.1. The number of amides is 1. The number of hydroxylamine groups is 1. The Hall–Kier alpha value is -4.31. The molecule has 9 nitrogen and oxygen atoms in total. The average molecular weight is 792 g/mol. The van der Waals surface area contributed by atoms with Gasteiger partial charge in [0.2, 0.25) is 6.04 Å². The molecule has 0 aromatic heterocycles. The summed E-state index contributed by atoms with van der Waals surface area (Å²) in [5.74, 6) is -8.67. The summed E-state index contributed by atoms with van der Waals surface area (Å²) in [7, 11) is -5.62. The Morgan fingerprint density at radius 3 is 2.11 bits per heavy atom. The molecule has 7 rings (SSSR count). The fourth-order valence-corrected chi connectivity index (χ4v) is 8.49. The molecule has 4 aromatic carbocycles. The summed E-state index contributed by atoms with van der Waals surface area (Å²) in [6.45, 7) is -0.118. The first kappa shape index (κ1) is 38.0. The van der Waals surface area contributed by atoms with Crippen molar-refractivity contribution < 1.29 is 49.5 Å². The van der Waals surface area contributed by atoms with Gasteiger partial charge in [-0.2, -0.15) is 22.0 Å². The minimum atomic E-state index is -5.82. The van der Waals surface area contributed by atoms with E-state index < -0.39 is 60.5 Å². The van der Waals surface area contributed by atoms with E-state index in [2.05, 4.69) is 10.2 Å². The first-order valence-electron chi connectivity index (χ1n) is 17.4. The van der Waals surface area contributed by atoms with Crippen LogP contribution in [-0.4, -0.2) is 73.2 Å². The van der Waals surface area contributed by atoms with Gasteiger partial charge in [0.05, 0.1) is 11.0 Å². The summed E-state index contributed by atoms with van der Waals surface area (Å²) < 4.78 is 109. The molecule has 286 valence electrons. The predicted octanol–water partition coefficient (Wildman–Crippen LogP) is 7.62. The summed E-state index contributed by atoms with van der Waals surface area (Å²) in [5.41, 5.74) is -0.465. The van der Waals surface area contributed by atoms with Crippen LogP contribution in [0.15, 0.2) is 89.8 Å². The van der Waals surface area contributed by atoms with E-state index in [-0.39, 0.29) is 31.1 Å². The molecule has 0 radical (unpaired) electrons. The Bertz CT molecular complexity index is 2160. The largest absolute Gasteiger partial charge is 0.492 e. The van der Waals surface area contributed by atoms with E-state index in [0.717, 1.165) is 54.8 Å². The van der Waals surface area contributed by atoms with E-state index >= 15 is 8.78 Å². The van der Waals surface area contributed by atoms with Gasteiger partial charge in [-0.3, -0.25) is 4.79 Å². The zero-order chi connectivity index (χ0) is 38.5. The molecule has 1 atom stereocenters. The third-order valence-corrected chi connectivity index (χ3v) is 12.0. The zero-order valence-corrected chi connectivity index (χ0v) is 30.2. The Balaban J connectivity index is 1.31. The SMILES string of the molecule is O=C([C@@H](N(OC(=O)C(F)(F)F)S(=O)(=O)c1ccc2cc(OC3CCCC3)ccc2c1)C(F)(F)c1ccc(-c2ccc(Cl)cc2)cc1)N1CCNC2(CC2)C1. The third kappa shape index (κ3) is 7.77. The van der Waals surface area contributed by atoms with E-state index in [0.29, 0.717) is 40.1 Å². The van der Waals surface area contributed by atoms with Gasteiger partial charge in [-0.1, -0.05) is 60.1 Å². The van der Waals surface area contributed by atoms with Gasteiger partial charge in [0.1, 0.15) is 5.75 Å². The van der Waals surface area contributed by atoms with Crippen LogP contribution < -0.4 is 10.1 Å². The number of halogens is 6. The van der Waals surface area contributed by atoms with Crippen LogP contribution in [0.25, 0.3) is 21.9 Å². The van der Waals surface area contributed by atoms with Crippen LogP contribution in [0, 0.1) is 0 Å². The van der Waals surface area contributed by atoms with Crippen molar-refractivity contribution in [2.45, 2.75) is 73.2 Å². The molecule has 1 aliphatic heterocycles. The lowest BCUT2D eigenvalue weighted by Gasteiger charge is -2.40.